The fourth-order valence-corrected chi connectivity index (χ4v) is 2.79. The Morgan fingerprint density at radius 2 is 2.00 bits per heavy atom. The molecule has 0 aliphatic rings. The van der Waals surface area contributed by atoms with E-state index >= 15 is 0 Å². The number of nitrogens with one attached hydrogen (secondary N) is 1. The van der Waals surface area contributed by atoms with Crippen molar-refractivity contribution < 1.29 is 4.79 Å². The molecule has 3 rings (SSSR count). The highest BCUT2D eigenvalue weighted by molar-refractivity contribution is 6.31. The average molecular weight is 356 g/mol. The molecule has 1 amide bonds. The van der Waals surface area contributed by atoms with E-state index < -0.39 is 0 Å². The summed E-state index contributed by atoms with van der Waals surface area (Å²) >= 11 is 6.05. The van der Waals surface area contributed by atoms with E-state index in [9.17, 15) is 9.59 Å². The number of aromatic nitrogens is 2. The number of aryl methyl sites for hydroxylation is 3. The first-order chi connectivity index (χ1) is 12.0. The molecule has 3 aromatic rings. The van der Waals surface area contributed by atoms with Gasteiger partial charge in [0.05, 0.1) is 17.2 Å². The Balaban J connectivity index is 1.72. The van der Waals surface area contributed by atoms with Crippen LogP contribution in [0.2, 0.25) is 5.02 Å². The lowest BCUT2D eigenvalue weighted by Gasteiger charge is -2.09. The molecular weight excluding hydrogens is 338 g/mol. The predicted octanol–water partition coefficient (Wildman–Crippen LogP) is 3.70. The first kappa shape index (κ1) is 17.2. The normalized spacial score (nSPS) is 10.8. The topological polar surface area (TPSA) is 64.0 Å². The number of rotatable bonds is 4. The SMILES string of the molecule is Cc1ccc(NC(=O)CCn2cnc3c(C)cccc3c2=O)cc1Cl. The Kier molecular flexibility index (Phi) is 4.86. The van der Waals surface area contributed by atoms with Gasteiger partial charge < -0.3 is 5.32 Å². The number of carbonyl (C=O) groups is 1. The number of benzene rings is 2. The van der Waals surface area contributed by atoms with E-state index in [0.29, 0.717) is 21.6 Å². The fraction of sp³-hybridized carbons (Fsp3) is 0.211. The summed E-state index contributed by atoms with van der Waals surface area (Å²) in [6.07, 6.45) is 1.66. The van der Waals surface area contributed by atoms with Crippen LogP contribution in [-0.4, -0.2) is 15.5 Å². The summed E-state index contributed by atoms with van der Waals surface area (Å²) in [5.74, 6) is -0.184. The van der Waals surface area contributed by atoms with Gasteiger partial charge in [-0.1, -0.05) is 29.8 Å². The highest BCUT2D eigenvalue weighted by Crippen LogP contribution is 2.20. The van der Waals surface area contributed by atoms with Crippen molar-refractivity contribution in [3.63, 3.8) is 0 Å². The summed E-state index contributed by atoms with van der Waals surface area (Å²) in [7, 11) is 0. The van der Waals surface area contributed by atoms with Crippen molar-refractivity contribution in [2.45, 2.75) is 26.8 Å². The molecule has 0 atom stereocenters. The van der Waals surface area contributed by atoms with Crippen molar-refractivity contribution in [3.05, 3.63) is 69.2 Å². The third-order valence-corrected chi connectivity index (χ3v) is 4.50. The molecule has 6 heteroatoms. The molecule has 0 bridgehead atoms. The van der Waals surface area contributed by atoms with Gasteiger partial charge >= 0.3 is 0 Å². The van der Waals surface area contributed by atoms with Gasteiger partial charge in [-0.15, -0.1) is 0 Å². The molecule has 0 fully saturated rings. The standard InChI is InChI=1S/C19H18ClN3O2/c1-12-6-7-14(10-16(12)20)22-17(24)8-9-23-11-21-18-13(2)4-3-5-15(18)19(23)25/h3-7,10-11H,8-9H2,1-2H3,(H,22,24). The van der Waals surface area contributed by atoms with Gasteiger partial charge in [0.1, 0.15) is 0 Å². The Bertz CT molecular complexity index is 1010. The van der Waals surface area contributed by atoms with Crippen molar-refractivity contribution in [1.29, 1.82) is 0 Å². The van der Waals surface area contributed by atoms with Crippen LogP contribution in [0.25, 0.3) is 10.9 Å². The number of carbonyl (C=O) groups excluding carboxylic acids is 1. The summed E-state index contributed by atoms with van der Waals surface area (Å²) in [4.78, 5) is 29.0. The van der Waals surface area contributed by atoms with Gasteiger partial charge in [0.15, 0.2) is 0 Å². The second-order valence-electron chi connectivity index (χ2n) is 5.98. The number of amides is 1. The lowest BCUT2D eigenvalue weighted by molar-refractivity contribution is -0.116. The summed E-state index contributed by atoms with van der Waals surface area (Å²) < 4.78 is 1.46. The van der Waals surface area contributed by atoms with Crippen LogP contribution in [-0.2, 0) is 11.3 Å². The third-order valence-electron chi connectivity index (χ3n) is 4.09. The lowest BCUT2D eigenvalue weighted by atomic mass is 10.1. The highest BCUT2D eigenvalue weighted by Gasteiger charge is 2.08. The minimum Gasteiger partial charge on any atom is -0.326 e. The maximum atomic E-state index is 12.5. The Hall–Kier alpha value is -2.66. The monoisotopic (exact) mass is 355 g/mol. The predicted molar refractivity (Wildman–Crippen MR) is 100 cm³/mol. The van der Waals surface area contributed by atoms with Crippen molar-refractivity contribution in [3.8, 4) is 0 Å². The van der Waals surface area contributed by atoms with Crippen LogP contribution in [0.5, 0.6) is 0 Å². The van der Waals surface area contributed by atoms with Crippen LogP contribution >= 0.6 is 11.6 Å². The average Bonchev–Trinajstić information content (AvgIpc) is 2.58. The summed E-state index contributed by atoms with van der Waals surface area (Å²) in [5, 5.41) is 3.95. The molecule has 0 aliphatic heterocycles. The minimum atomic E-state index is -0.184. The van der Waals surface area contributed by atoms with Gasteiger partial charge in [-0.3, -0.25) is 14.2 Å². The first-order valence-electron chi connectivity index (χ1n) is 7.96. The van der Waals surface area contributed by atoms with Gasteiger partial charge in [0, 0.05) is 23.7 Å². The van der Waals surface area contributed by atoms with Gasteiger partial charge in [-0.25, -0.2) is 4.98 Å². The summed E-state index contributed by atoms with van der Waals surface area (Å²) in [6, 6.07) is 10.9. The lowest BCUT2D eigenvalue weighted by Crippen LogP contribution is -2.23. The Morgan fingerprint density at radius 3 is 2.76 bits per heavy atom. The largest absolute Gasteiger partial charge is 0.326 e. The molecule has 25 heavy (non-hydrogen) atoms. The molecule has 5 nitrogen and oxygen atoms in total. The molecule has 0 spiro atoms. The second-order valence-corrected chi connectivity index (χ2v) is 6.38. The Labute approximate surface area is 150 Å². The Morgan fingerprint density at radius 1 is 1.20 bits per heavy atom. The molecule has 1 N–H and O–H groups in total. The molecule has 0 radical (unpaired) electrons. The van der Waals surface area contributed by atoms with Crippen molar-refractivity contribution in [2.24, 2.45) is 0 Å². The number of halogens is 1. The molecule has 0 unspecified atom stereocenters. The molecular formula is C19H18ClN3O2. The molecule has 128 valence electrons. The van der Waals surface area contributed by atoms with E-state index in [2.05, 4.69) is 10.3 Å². The van der Waals surface area contributed by atoms with E-state index in [1.165, 1.54) is 10.9 Å². The van der Waals surface area contributed by atoms with Crippen LogP contribution in [0.4, 0.5) is 5.69 Å². The zero-order chi connectivity index (χ0) is 18.0. The van der Waals surface area contributed by atoms with Crippen LogP contribution in [0, 0.1) is 13.8 Å². The van der Waals surface area contributed by atoms with Gasteiger partial charge in [0.25, 0.3) is 5.56 Å². The zero-order valence-corrected chi connectivity index (χ0v) is 14.8. The smallest absolute Gasteiger partial charge is 0.261 e. The second kappa shape index (κ2) is 7.07. The summed E-state index contributed by atoms with van der Waals surface area (Å²) in [6.45, 7) is 4.08. The minimum absolute atomic E-state index is 0.139. The summed E-state index contributed by atoms with van der Waals surface area (Å²) in [5.41, 5.74) is 3.10. The first-order valence-corrected chi connectivity index (χ1v) is 8.34. The van der Waals surface area contributed by atoms with Gasteiger partial charge in [0.2, 0.25) is 5.91 Å². The van der Waals surface area contributed by atoms with Gasteiger partial charge in [-0.2, -0.15) is 0 Å². The van der Waals surface area contributed by atoms with Gasteiger partial charge in [-0.05, 0) is 43.2 Å². The number of anilines is 1. The van der Waals surface area contributed by atoms with E-state index in [4.69, 9.17) is 11.6 Å². The number of fused-ring (bicyclic) bond motifs is 1. The molecule has 1 aromatic heterocycles. The van der Waals surface area contributed by atoms with Crippen LogP contribution in [0.1, 0.15) is 17.5 Å². The van der Waals surface area contributed by atoms with Crippen molar-refractivity contribution in [2.75, 3.05) is 5.32 Å². The molecule has 0 saturated heterocycles. The molecule has 2 aromatic carbocycles. The van der Waals surface area contributed by atoms with E-state index in [-0.39, 0.29) is 24.4 Å². The fourth-order valence-electron chi connectivity index (χ4n) is 2.61. The van der Waals surface area contributed by atoms with E-state index in [1.54, 1.807) is 18.2 Å². The third kappa shape index (κ3) is 3.72. The van der Waals surface area contributed by atoms with Crippen LogP contribution in [0.3, 0.4) is 0 Å². The van der Waals surface area contributed by atoms with Crippen molar-refractivity contribution >= 4 is 34.1 Å². The van der Waals surface area contributed by atoms with Crippen LogP contribution in [0.15, 0.2) is 47.5 Å². The quantitative estimate of drug-likeness (QED) is 0.776. The molecule has 1 heterocycles. The number of nitrogens with zero attached hydrogens (tertiary/aromatic N) is 2. The number of hydrogen-bond acceptors (Lipinski definition) is 3. The van der Waals surface area contributed by atoms with E-state index in [1.807, 2.05) is 32.0 Å². The number of para-hydroxylation sites is 1. The maximum Gasteiger partial charge on any atom is 0.261 e. The van der Waals surface area contributed by atoms with E-state index in [0.717, 1.165) is 11.1 Å². The van der Waals surface area contributed by atoms with Crippen molar-refractivity contribution in [1.82, 2.24) is 9.55 Å². The molecule has 0 aliphatic carbocycles. The van der Waals surface area contributed by atoms with Crippen LogP contribution < -0.4 is 10.9 Å². The highest BCUT2D eigenvalue weighted by atomic mass is 35.5. The maximum absolute atomic E-state index is 12.5. The molecule has 0 saturated carbocycles. The number of hydrogen-bond donors (Lipinski definition) is 1. The zero-order valence-electron chi connectivity index (χ0n) is 14.0.